The van der Waals surface area contributed by atoms with Crippen LogP contribution in [0.25, 0.3) is 0 Å². The van der Waals surface area contributed by atoms with Crippen LogP contribution in [-0.2, 0) is 6.42 Å². The number of nitrogens with zero attached hydrogens (tertiary/aromatic N) is 3. The lowest BCUT2D eigenvalue weighted by molar-refractivity contribution is 0.509. The summed E-state index contributed by atoms with van der Waals surface area (Å²) in [5, 5.41) is 13.5. The van der Waals surface area contributed by atoms with Crippen LogP contribution in [0, 0.1) is 17.5 Å². The summed E-state index contributed by atoms with van der Waals surface area (Å²) in [5.41, 5.74) is 1.31. The number of rotatable bonds is 6. The molecule has 0 saturated carbocycles. The van der Waals surface area contributed by atoms with E-state index in [2.05, 4.69) is 25.8 Å². The molecular weight excluding hydrogens is 331 g/mol. The van der Waals surface area contributed by atoms with Gasteiger partial charge in [-0.25, -0.2) is 13.2 Å². The zero-order chi connectivity index (χ0) is 17.6. The second kappa shape index (κ2) is 7.61. The Balaban J connectivity index is 1.59. The zero-order valence-corrected chi connectivity index (χ0v) is 13.0. The summed E-state index contributed by atoms with van der Waals surface area (Å²) < 4.78 is 39.0. The van der Waals surface area contributed by atoms with Crippen LogP contribution in [0.15, 0.2) is 48.7 Å². The van der Waals surface area contributed by atoms with Gasteiger partial charge in [-0.3, -0.25) is 0 Å². The molecule has 0 aliphatic heterocycles. The average molecular weight is 345 g/mol. The molecule has 0 bridgehead atoms. The number of anilines is 3. The van der Waals surface area contributed by atoms with E-state index in [0.29, 0.717) is 24.5 Å². The number of nitrogens with one attached hydrogen (secondary N) is 2. The highest BCUT2D eigenvalue weighted by atomic mass is 19.2. The minimum atomic E-state index is -0.954. The van der Waals surface area contributed by atoms with Gasteiger partial charge in [-0.15, -0.1) is 5.10 Å². The van der Waals surface area contributed by atoms with E-state index in [1.54, 1.807) is 12.1 Å². The summed E-state index contributed by atoms with van der Waals surface area (Å²) in [7, 11) is 0. The topological polar surface area (TPSA) is 62.7 Å². The fourth-order valence-electron chi connectivity index (χ4n) is 2.13. The van der Waals surface area contributed by atoms with Crippen molar-refractivity contribution in [1.29, 1.82) is 0 Å². The van der Waals surface area contributed by atoms with Gasteiger partial charge in [0.1, 0.15) is 5.82 Å². The molecule has 0 unspecified atom stereocenters. The Kier molecular flexibility index (Phi) is 5.08. The van der Waals surface area contributed by atoms with Crippen molar-refractivity contribution in [3.8, 4) is 0 Å². The van der Waals surface area contributed by atoms with Crippen LogP contribution in [0.2, 0.25) is 0 Å². The van der Waals surface area contributed by atoms with Crippen molar-refractivity contribution in [2.45, 2.75) is 6.42 Å². The van der Waals surface area contributed by atoms with Gasteiger partial charge in [0.2, 0.25) is 5.95 Å². The maximum Gasteiger partial charge on any atom is 0.244 e. The first-order valence-electron chi connectivity index (χ1n) is 7.50. The Morgan fingerprint density at radius 2 is 1.72 bits per heavy atom. The summed E-state index contributed by atoms with van der Waals surface area (Å²) in [6.07, 6.45) is 2.02. The zero-order valence-electron chi connectivity index (χ0n) is 13.0. The van der Waals surface area contributed by atoms with Gasteiger partial charge in [0.15, 0.2) is 17.5 Å². The second-order valence-corrected chi connectivity index (χ2v) is 5.22. The summed E-state index contributed by atoms with van der Waals surface area (Å²) >= 11 is 0. The lowest BCUT2D eigenvalue weighted by Gasteiger charge is -2.08. The van der Waals surface area contributed by atoms with Crippen LogP contribution in [-0.4, -0.2) is 21.7 Å². The molecule has 25 heavy (non-hydrogen) atoms. The molecule has 1 heterocycles. The number of hydrogen-bond acceptors (Lipinski definition) is 5. The fourth-order valence-corrected chi connectivity index (χ4v) is 2.13. The maximum atomic E-state index is 13.2. The lowest BCUT2D eigenvalue weighted by Crippen LogP contribution is -2.09. The summed E-state index contributed by atoms with van der Waals surface area (Å²) in [4.78, 5) is 4.19. The molecule has 128 valence electrons. The van der Waals surface area contributed by atoms with Gasteiger partial charge in [0.05, 0.1) is 6.20 Å². The van der Waals surface area contributed by atoms with E-state index >= 15 is 0 Å². The third kappa shape index (κ3) is 4.66. The number of aromatic nitrogens is 3. The van der Waals surface area contributed by atoms with Crippen molar-refractivity contribution in [1.82, 2.24) is 15.2 Å². The fraction of sp³-hybridized carbons (Fsp3) is 0.118. The van der Waals surface area contributed by atoms with Crippen LogP contribution >= 0.6 is 0 Å². The van der Waals surface area contributed by atoms with Crippen LogP contribution in [0.3, 0.4) is 0 Å². The van der Waals surface area contributed by atoms with E-state index in [4.69, 9.17) is 0 Å². The second-order valence-electron chi connectivity index (χ2n) is 5.22. The highest BCUT2D eigenvalue weighted by molar-refractivity contribution is 5.56. The largest absolute Gasteiger partial charge is 0.353 e. The Morgan fingerprint density at radius 1 is 0.920 bits per heavy atom. The van der Waals surface area contributed by atoms with Gasteiger partial charge in [-0.1, -0.05) is 12.1 Å². The third-order valence-corrected chi connectivity index (χ3v) is 3.36. The van der Waals surface area contributed by atoms with E-state index in [-0.39, 0.29) is 11.8 Å². The first kappa shape index (κ1) is 16.7. The molecule has 1 aromatic heterocycles. The van der Waals surface area contributed by atoms with Crippen LogP contribution < -0.4 is 10.6 Å². The monoisotopic (exact) mass is 345 g/mol. The first-order valence-corrected chi connectivity index (χ1v) is 7.50. The van der Waals surface area contributed by atoms with Gasteiger partial charge >= 0.3 is 0 Å². The minimum absolute atomic E-state index is 0.278. The summed E-state index contributed by atoms with van der Waals surface area (Å²) in [6.45, 7) is 0.530. The van der Waals surface area contributed by atoms with E-state index in [1.807, 2.05) is 0 Å². The Hall–Kier alpha value is -3.16. The van der Waals surface area contributed by atoms with Gasteiger partial charge in [-0.05, 0) is 36.2 Å². The normalized spacial score (nSPS) is 10.5. The molecule has 3 rings (SSSR count). The molecule has 0 aliphatic carbocycles. The van der Waals surface area contributed by atoms with E-state index in [0.717, 1.165) is 17.7 Å². The van der Waals surface area contributed by atoms with Crippen molar-refractivity contribution >= 4 is 17.5 Å². The molecule has 0 radical (unpaired) electrons. The van der Waals surface area contributed by atoms with Gasteiger partial charge in [0, 0.05) is 18.3 Å². The molecule has 0 atom stereocenters. The Labute approximate surface area is 141 Å². The summed E-state index contributed by atoms with van der Waals surface area (Å²) in [5.74, 6) is -1.53. The Bertz CT molecular complexity index is 855. The number of benzene rings is 2. The SMILES string of the molecule is Fc1ccc(CCNc2nncc(Nc3ccc(F)c(F)c3)n2)cc1. The maximum absolute atomic E-state index is 13.2. The smallest absolute Gasteiger partial charge is 0.244 e. The highest BCUT2D eigenvalue weighted by Gasteiger charge is 2.05. The van der Waals surface area contributed by atoms with Crippen LogP contribution in [0.4, 0.5) is 30.6 Å². The molecule has 3 aromatic rings. The number of halogens is 3. The molecule has 0 amide bonds. The molecular formula is C17H14F3N5. The van der Waals surface area contributed by atoms with Crippen molar-refractivity contribution in [3.63, 3.8) is 0 Å². The molecule has 0 fully saturated rings. The van der Waals surface area contributed by atoms with Gasteiger partial charge in [-0.2, -0.15) is 10.1 Å². The third-order valence-electron chi connectivity index (χ3n) is 3.36. The van der Waals surface area contributed by atoms with Crippen molar-refractivity contribution in [2.24, 2.45) is 0 Å². The predicted molar refractivity (Wildman–Crippen MR) is 88.1 cm³/mol. The molecule has 0 aliphatic rings. The molecule has 2 aromatic carbocycles. The first-order chi connectivity index (χ1) is 12.1. The lowest BCUT2D eigenvalue weighted by atomic mass is 10.1. The van der Waals surface area contributed by atoms with Gasteiger partial charge in [0.25, 0.3) is 0 Å². The summed E-state index contributed by atoms with van der Waals surface area (Å²) in [6, 6.07) is 9.66. The minimum Gasteiger partial charge on any atom is -0.353 e. The number of hydrogen-bond donors (Lipinski definition) is 2. The standard InChI is InChI=1S/C17H14F3N5/c18-12-3-1-11(2-4-12)7-8-21-17-24-16(10-22-25-17)23-13-5-6-14(19)15(20)9-13/h1-6,9-10H,7-8H2,(H2,21,23,24,25). The van der Waals surface area contributed by atoms with Crippen molar-refractivity contribution in [3.05, 3.63) is 71.7 Å². The van der Waals surface area contributed by atoms with Gasteiger partial charge < -0.3 is 10.6 Å². The highest BCUT2D eigenvalue weighted by Crippen LogP contribution is 2.17. The predicted octanol–water partition coefficient (Wildman–Crippen LogP) is 3.69. The van der Waals surface area contributed by atoms with Crippen LogP contribution in [0.1, 0.15) is 5.56 Å². The molecule has 5 nitrogen and oxygen atoms in total. The van der Waals surface area contributed by atoms with E-state index < -0.39 is 11.6 Å². The van der Waals surface area contributed by atoms with Crippen molar-refractivity contribution in [2.75, 3.05) is 17.2 Å². The molecule has 8 heteroatoms. The van der Waals surface area contributed by atoms with E-state index in [1.165, 1.54) is 24.4 Å². The molecule has 0 spiro atoms. The molecule has 0 saturated heterocycles. The van der Waals surface area contributed by atoms with Crippen LogP contribution in [0.5, 0.6) is 0 Å². The average Bonchev–Trinajstić information content (AvgIpc) is 2.60. The van der Waals surface area contributed by atoms with Crippen molar-refractivity contribution < 1.29 is 13.2 Å². The quantitative estimate of drug-likeness (QED) is 0.713. The Morgan fingerprint density at radius 3 is 2.48 bits per heavy atom. The van der Waals surface area contributed by atoms with E-state index in [9.17, 15) is 13.2 Å². The molecule has 2 N–H and O–H groups in total.